The first-order valence-electron chi connectivity index (χ1n) is 5.00. The summed E-state index contributed by atoms with van der Waals surface area (Å²) in [4.78, 5) is 0. The number of rotatable bonds is 2. The van der Waals surface area contributed by atoms with Gasteiger partial charge in [0.05, 0.1) is 12.3 Å². The highest BCUT2D eigenvalue weighted by Gasteiger charge is 2.16. The van der Waals surface area contributed by atoms with Crippen LogP contribution in [-0.2, 0) is 6.42 Å². The molecule has 0 spiro atoms. The standard InChI is InChI=1S/C12H13ClN2/c1-3-9-6-10(13)4-5-11(9)12-8(2)7-14-15-12/h4-6,14H,2-3,7H2,1H3. The second-order valence-corrected chi connectivity index (χ2v) is 3.99. The van der Waals surface area contributed by atoms with Crippen molar-refractivity contribution in [1.82, 2.24) is 5.43 Å². The maximum absolute atomic E-state index is 5.96. The van der Waals surface area contributed by atoms with E-state index in [1.807, 2.05) is 18.2 Å². The number of halogens is 1. The molecule has 15 heavy (non-hydrogen) atoms. The first-order chi connectivity index (χ1) is 7.22. The molecule has 0 aromatic heterocycles. The van der Waals surface area contributed by atoms with Gasteiger partial charge in [-0.1, -0.05) is 31.2 Å². The molecular weight excluding hydrogens is 208 g/mol. The molecule has 1 aliphatic heterocycles. The molecule has 1 aliphatic rings. The van der Waals surface area contributed by atoms with E-state index in [9.17, 15) is 0 Å². The zero-order valence-electron chi connectivity index (χ0n) is 8.68. The van der Waals surface area contributed by atoms with Gasteiger partial charge in [-0.25, -0.2) is 0 Å². The topological polar surface area (TPSA) is 24.4 Å². The fourth-order valence-corrected chi connectivity index (χ4v) is 1.91. The molecule has 2 rings (SSSR count). The molecule has 0 aliphatic carbocycles. The molecule has 0 saturated carbocycles. The Morgan fingerprint density at radius 3 is 2.93 bits per heavy atom. The lowest BCUT2D eigenvalue weighted by molar-refractivity contribution is 0.856. The van der Waals surface area contributed by atoms with Crippen LogP contribution in [0.3, 0.4) is 0 Å². The number of hydrogen-bond donors (Lipinski definition) is 1. The van der Waals surface area contributed by atoms with Crippen LogP contribution in [0.25, 0.3) is 0 Å². The molecule has 0 atom stereocenters. The second kappa shape index (κ2) is 4.07. The Balaban J connectivity index is 2.48. The third kappa shape index (κ3) is 1.90. The van der Waals surface area contributed by atoms with Gasteiger partial charge in [0.15, 0.2) is 0 Å². The normalized spacial score (nSPS) is 15.1. The quantitative estimate of drug-likeness (QED) is 0.815. The minimum absolute atomic E-state index is 0.737. The maximum atomic E-state index is 5.96. The minimum atomic E-state index is 0.737. The third-order valence-electron chi connectivity index (χ3n) is 2.52. The molecule has 1 heterocycles. The molecule has 0 bridgehead atoms. The Morgan fingerprint density at radius 1 is 1.53 bits per heavy atom. The zero-order valence-corrected chi connectivity index (χ0v) is 9.43. The van der Waals surface area contributed by atoms with Crippen molar-refractivity contribution in [2.45, 2.75) is 13.3 Å². The molecule has 0 radical (unpaired) electrons. The van der Waals surface area contributed by atoms with E-state index in [0.29, 0.717) is 0 Å². The Labute approximate surface area is 94.6 Å². The van der Waals surface area contributed by atoms with Gasteiger partial charge in [-0.15, -0.1) is 0 Å². The largest absolute Gasteiger partial charge is 0.305 e. The van der Waals surface area contributed by atoms with E-state index in [4.69, 9.17) is 11.6 Å². The van der Waals surface area contributed by atoms with Crippen LogP contribution in [0.4, 0.5) is 0 Å². The van der Waals surface area contributed by atoms with Gasteiger partial charge in [-0.2, -0.15) is 5.10 Å². The van der Waals surface area contributed by atoms with Crippen LogP contribution in [0.1, 0.15) is 18.1 Å². The van der Waals surface area contributed by atoms with E-state index < -0.39 is 0 Å². The van der Waals surface area contributed by atoms with Crippen molar-refractivity contribution in [2.75, 3.05) is 6.54 Å². The molecule has 0 amide bonds. The molecule has 2 nitrogen and oxygen atoms in total. The van der Waals surface area contributed by atoms with E-state index in [1.165, 1.54) is 5.56 Å². The molecule has 78 valence electrons. The van der Waals surface area contributed by atoms with Crippen LogP contribution in [0, 0.1) is 0 Å². The molecule has 0 unspecified atom stereocenters. The van der Waals surface area contributed by atoms with Crippen molar-refractivity contribution in [3.63, 3.8) is 0 Å². The molecule has 1 N–H and O–H groups in total. The van der Waals surface area contributed by atoms with Crippen LogP contribution < -0.4 is 5.43 Å². The highest BCUT2D eigenvalue weighted by atomic mass is 35.5. The summed E-state index contributed by atoms with van der Waals surface area (Å²) >= 11 is 5.96. The van der Waals surface area contributed by atoms with Crippen LogP contribution in [0.15, 0.2) is 35.5 Å². The molecule has 1 aromatic carbocycles. The van der Waals surface area contributed by atoms with Gasteiger partial charge in [0, 0.05) is 10.6 Å². The third-order valence-corrected chi connectivity index (χ3v) is 2.76. The molecule has 0 saturated heterocycles. The van der Waals surface area contributed by atoms with Gasteiger partial charge in [0.2, 0.25) is 0 Å². The molecule has 1 aromatic rings. The average molecular weight is 221 g/mol. The van der Waals surface area contributed by atoms with E-state index >= 15 is 0 Å². The fraction of sp³-hybridized carbons (Fsp3) is 0.250. The molecular formula is C12H13ClN2. The predicted molar refractivity (Wildman–Crippen MR) is 64.5 cm³/mol. The van der Waals surface area contributed by atoms with Crippen LogP contribution in [0.5, 0.6) is 0 Å². The summed E-state index contributed by atoms with van der Waals surface area (Å²) in [5.41, 5.74) is 7.29. The first-order valence-corrected chi connectivity index (χ1v) is 5.37. The monoisotopic (exact) mass is 220 g/mol. The van der Waals surface area contributed by atoms with Crippen molar-refractivity contribution in [1.29, 1.82) is 0 Å². The summed E-state index contributed by atoms with van der Waals surface area (Å²) in [6.07, 6.45) is 0.947. The Hall–Kier alpha value is -1.28. The summed E-state index contributed by atoms with van der Waals surface area (Å²) in [7, 11) is 0. The number of hydrogen-bond acceptors (Lipinski definition) is 2. The Morgan fingerprint density at radius 2 is 2.33 bits per heavy atom. The highest BCUT2D eigenvalue weighted by Crippen LogP contribution is 2.21. The number of nitrogens with one attached hydrogen (secondary N) is 1. The van der Waals surface area contributed by atoms with Gasteiger partial charge in [0.1, 0.15) is 0 Å². The average Bonchev–Trinajstić information content (AvgIpc) is 2.64. The Bertz CT molecular complexity index is 435. The van der Waals surface area contributed by atoms with E-state index in [1.54, 1.807) is 0 Å². The minimum Gasteiger partial charge on any atom is -0.305 e. The predicted octanol–water partition coefficient (Wildman–Crippen LogP) is 2.77. The fourth-order valence-electron chi connectivity index (χ4n) is 1.71. The number of hydrazone groups is 1. The molecule has 0 fully saturated rings. The van der Waals surface area contributed by atoms with Crippen molar-refractivity contribution in [2.24, 2.45) is 5.10 Å². The van der Waals surface area contributed by atoms with E-state index in [0.717, 1.165) is 34.8 Å². The first kappa shape index (κ1) is 10.2. The van der Waals surface area contributed by atoms with Crippen LogP contribution >= 0.6 is 11.6 Å². The number of benzene rings is 1. The van der Waals surface area contributed by atoms with Crippen LogP contribution in [-0.4, -0.2) is 12.3 Å². The Kier molecular flexibility index (Phi) is 2.78. The lowest BCUT2D eigenvalue weighted by Gasteiger charge is -2.08. The second-order valence-electron chi connectivity index (χ2n) is 3.55. The summed E-state index contributed by atoms with van der Waals surface area (Å²) < 4.78 is 0. The van der Waals surface area contributed by atoms with Gasteiger partial charge in [0.25, 0.3) is 0 Å². The highest BCUT2D eigenvalue weighted by molar-refractivity contribution is 6.31. The van der Waals surface area contributed by atoms with Crippen LogP contribution in [0.2, 0.25) is 5.02 Å². The van der Waals surface area contributed by atoms with Gasteiger partial charge < -0.3 is 5.43 Å². The van der Waals surface area contributed by atoms with E-state index in [2.05, 4.69) is 24.0 Å². The summed E-state index contributed by atoms with van der Waals surface area (Å²) in [5, 5.41) is 5.02. The lowest BCUT2D eigenvalue weighted by Crippen LogP contribution is -2.05. The van der Waals surface area contributed by atoms with Gasteiger partial charge >= 0.3 is 0 Å². The lowest BCUT2D eigenvalue weighted by atomic mass is 9.97. The van der Waals surface area contributed by atoms with Crippen molar-refractivity contribution >= 4 is 17.3 Å². The SMILES string of the molecule is C=C1CNN=C1c1ccc(Cl)cc1CC. The van der Waals surface area contributed by atoms with Crippen molar-refractivity contribution in [3.05, 3.63) is 46.5 Å². The zero-order chi connectivity index (χ0) is 10.8. The van der Waals surface area contributed by atoms with E-state index in [-0.39, 0.29) is 0 Å². The number of nitrogens with zero attached hydrogens (tertiary/aromatic N) is 1. The molecule has 3 heteroatoms. The summed E-state index contributed by atoms with van der Waals surface area (Å²) in [6, 6.07) is 5.90. The summed E-state index contributed by atoms with van der Waals surface area (Å²) in [6.45, 7) is 6.83. The maximum Gasteiger partial charge on any atom is 0.0948 e. The van der Waals surface area contributed by atoms with Gasteiger partial charge in [-0.3, -0.25) is 0 Å². The van der Waals surface area contributed by atoms with Crippen molar-refractivity contribution < 1.29 is 0 Å². The van der Waals surface area contributed by atoms with Gasteiger partial charge in [-0.05, 0) is 29.7 Å². The van der Waals surface area contributed by atoms with Crippen molar-refractivity contribution in [3.8, 4) is 0 Å². The smallest absolute Gasteiger partial charge is 0.0948 e. The number of aryl methyl sites for hydroxylation is 1. The summed E-state index contributed by atoms with van der Waals surface area (Å²) in [5.74, 6) is 0.